The molecule has 1 aliphatic carbocycles. The van der Waals surface area contributed by atoms with E-state index in [4.69, 9.17) is 0 Å². The van der Waals surface area contributed by atoms with Crippen molar-refractivity contribution < 1.29 is 9.18 Å². The normalized spacial score (nSPS) is 14.3. The van der Waals surface area contributed by atoms with Crippen LogP contribution in [-0.4, -0.2) is 11.2 Å². The van der Waals surface area contributed by atoms with E-state index in [0.29, 0.717) is 5.75 Å². The quantitative estimate of drug-likeness (QED) is 0.870. The maximum absolute atomic E-state index is 12.9. The summed E-state index contributed by atoms with van der Waals surface area (Å²) in [5.74, 6) is 0.468. The Bertz CT molecular complexity index is 699. The Morgan fingerprint density at radius 3 is 2.70 bits per heavy atom. The third-order valence-electron chi connectivity index (χ3n) is 4.15. The molecule has 0 bridgehead atoms. The topological polar surface area (TPSA) is 29.1 Å². The minimum absolute atomic E-state index is 0.00931. The Morgan fingerprint density at radius 2 is 1.91 bits per heavy atom. The van der Waals surface area contributed by atoms with Crippen LogP contribution in [0.25, 0.3) is 0 Å². The molecule has 2 aromatic carbocycles. The number of benzene rings is 2. The van der Waals surface area contributed by atoms with Crippen LogP contribution in [-0.2, 0) is 23.4 Å². The Hall–Kier alpha value is -1.81. The zero-order chi connectivity index (χ0) is 16.2. The highest BCUT2D eigenvalue weighted by atomic mass is 32.2. The highest BCUT2D eigenvalue weighted by Crippen LogP contribution is 2.26. The average molecular weight is 329 g/mol. The molecule has 3 rings (SSSR count). The highest BCUT2D eigenvalue weighted by molar-refractivity contribution is 7.99. The van der Waals surface area contributed by atoms with E-state index in [1.165, 1.54) is 29.7 Å². The smallest absolute Gasteiger partial charge is 0.237 e. The van der Waals surface area contributed by atoms with Crippen LogP contribution in [0, 0.1) is 5.82 Å². The number of thioether (sulfide) groups is 1. The summed E-state index contributed by atoms with van der Waals surface area (Å²) >= 11 is 1.55. The molecule has 2 nitrogen and oxygen atoms in total. The third-order valence-corrected chi connectivity index (χ3v) is 5.36. The molecule has 1 aliphatic rings. The summed E-state index contributed by atoms with van der Waals surface area (Å²) in [6, 6.07) is 12.6. The number of hydrogen-bond acceptors (Lipinski definition) is 2. The van der Waals surface area contributed by atoms with E-state index in [2.05, 4.69) is 17.4 Å². The fourth-order valence-electron chi connectivity index (χ4n) is 2.77. The van der Waals surface area contributed by atoms with Crippen LogP contribution < -0.4 is 5.32 Å². The molecule has 0 saturated heterocycles. The second-order valence-electron chi connectivity index (χ2n) is 5.91. The number of carbonyl (C=O) groups is 1. The van der Waals surface area contributed by atoms with Gasteiger partial charge in [0, 0.05) is 11.4 Å². The molecule has 0 spiro atoms. The Balaban J connectivity index is 1.54. The summed E-state index contributed by atoms with van der Waals surface area (Å²) in [5, 5.41) is 2.84. The zero-order valence-corrected chi connectivity index (χ0v) is 14.0. The number of hydrogen-bond donors (Lipinski definition) is 1. The predicted octanol–water partition coefficient (Wildman–Crippen LogP) is 4.57. The summed E-state index contributed by atoms with van der Waals surface area (Å²) in [5.41, 5.74) is 4.66. The largest absolute Gasteiger partial charge is 0.325 e. The number of aryl methyl sites for hydroxylation is 2. The Labute approximate surface area is 140 Å². The lowest BCUT2D eigenvalue weighted by molar-refractivity contribution is -0.115. The molecular formula is C19H20FNOS. The van der Waals surface area contributed by atoms with Crippen LogP contribution in [0.1, 0.15) is 30.0 Å². The fourth-order valence-corrected chi connectivity index (χ4v) is 3.62. The van der Waals surface area contributed by atoms with Crippen LogP contribution in [0.4, 0.5) is 10.1 Å². The predicted molar refractivity (Wildman–Crippen MR) is 94.3 cm³/mol. The first-order valence-corrected chi connectivity index (χ1v) is 8.95. The van der Waals surface area contributed by atoms with Crippen molar-refractivity contribution in [2.75, 3.05) is 5.32 Å². The molecule has 2 aromatic rings. The number of anilines is 1. The molecule has 0 fully saturated rings. The molecular weight excluding hydrogens is 309 g/mol. The molecule has 23 heavy (non-hydrogen) atoms. The maximum atomic E-state index is 12.9. The van der Waals surface area contributed by atoms with Crippen molar-refractivity contribution in [3.8, 4) is 0 Å². The van der Waals surface area contributed by atoms with Gasteiger partial charge in [0.05, 0.1) is 5.25 Å². The van der Waals surface area contributed by atoms with Gasteiger partial charge < -0.3 is 5.32 Å². The van der Waals surface area contributed by atoms with Crippen molar-refractivity contribution in [1.29, 1.82) is 0 Å². The van der Waals surface area contributed by atoms with E-state index in [1.54, 1.807) is 23.9 Å². The van der Waals surface area contributed by atoms with E-state index in [-0.39, 0.29) is 17.0 Å². The lowest BCUT2D eigenvalue weighted by Gasteiger charge is -2.13. The second-order valence-corrected chi connectivity index (χ2v) is 7.24. The summed E-state index contributed by atoms with van der Waals surface area (Å²) in [6.07, 6.45) is 3.46. The van der Waals surface area contributed by atoms with Gasteiger partial charge in [-0.05, 0) is 67.1 Å². The summed E-state index contributed by atoms with van der Waals surface area (Å²) in [7, 11) is 0. The monoisotopic (exact) mass is 329 g/mol. The van der Waals surface area contributed by atoms with Gasteiger partial charge in [0.1, 0.15) is 5.82 Å². The Kier molecular flexibility index (Phi) is 5.01. The van der Waals surface area contributed by atoms with Crippen molar-refractivity contribution in [2.45, 2.75) is 37.2 Å². The molecule has 0 saturated carbocycles. The number of carbonyl (C=O) groups excluding carboxylic acids is 1. The van der Waals surface area contributed by atoms with Crippen LogP contribution in [0.3, 0.4) is 0 Å². The number of nitrogens with one attached hydrogen (secondary N) is 1. The van der Waals surface area contributed by atoms with Gasteiger partial charge in [-0.15, -0.1) is 11.8 Å². The zero-order valence-electron chi connectivity index (χ0n) is 13.1. The van der Waals surface area contributed by atoms with Gasteiger partial charge in [0.25, 0.3) is 0 Å². The molecule has 0 unspecified atom stereocenters. The van der Waals surface area contributed by atoms with Crippen molar-refractivity contribution in [1.82, 2.24) is 0 Å². The van der Waals surface area contributed by atoms with Crippen molar-refractivity contribution in [2.24, 2.45) is 0 Å². The molecule has 120 valence electrons. The van der Waals surface area contributed by atoms with Gasteiger partial charge in [0.15, 0.2) is 0 Å². The fraction of sp³-hybridized carbons (Fsp3) is 0.316. The number of halogens is 1. The van der Waals surface area contributed by atoms with Crippen LogP contribution in [0.2, 0.25) is 0 Å². The van der Waals surface area contributed by atoms with Crippen LogP contribution >= 0.6 is 11.8 Å². The molecule has 0 radical (unpaired) electrons. The first kappa shape index (κ1) is 16.1. The molecule has 1 amide bonds. The van der Waals surface area contributed by atoms with Gasteiger partial charge in [0.2, 0.25) is 5.91 Å². The average Bonchev–Trinajstić information content (AvgIpc) is 3.01. The van der Waals surface area contributed by atoms with Gasteiger partial charge in [-0.1, -0.05) is 18.2 Å². The standard InChI is InChI=1S/C19H20FNOS/c1-13(23-12-14-5-8-17(20)9-6-14)19(22)21-18-10-7-15-3-2-4-16(15)11-18/h5-11,13H,2-4,12H2,1H3,(H,21,22)/t13-/m0/s1. The SMILES string of the molecule is C[C@H](SCc1ccc(F)cc1)C(=O)Nc1ccc2c(c1)CCC2. The first-order valence-electron chi connectivity index (χ1n) is 7.90. The molecule has 0 heterocycles. The first-order chi connectivity index (χ1) is 11.1. The second kappa shape index (κ2) is 7.18. The van der Waals surface area contributed by atoms with Crippen molar-refractivity contribution >= 4 is 23.4 Å². The Morgan fingerprint density at radius 1 is 1.17 bits per heavy atom. The lowest BCUT2D eigenvalue weighted by atomic mass is 10.1. The molecule has 1 N–H and O–H groups in total. The van der Waals surface area contributed by atoms with Crippen molar-refractivity contribution in [3.63, 3.8) is 0 Å². The van der Waals surface area contributed by atoms with E-state index >= 15 is 0 Å². The van der Waals surface area contributed by atoms with Gasteiger partial charge in [-0.3, -0.25) is 4.79 Å². The number of amides is 1. The lowest BCUT2D eigenvalue weighted by Crippen LogP contribution is -2.22. The summed E-state index contributed by atoms with van der Waals surface area (Å²) < 4.78 is 12.9. The third kappa shape index (κ3) is 4.14. The van der Waals surface area contributed by atoms with Crippen LogP contribution in [0.15, 0.2) is 42.5 Å². The van der Waals surface area contributed by atoms with E-state index in [0.717, 1.165) is 24.1 Å². The maximum Gasteiger partial charge on any atom is 0.237 e. The van der Waals surface area contributed by atoms with Gasteiger partial charge in [-0.2, -0.15) is 0 Å². The van der Waals surface area contributed by atoms with Gasteiger partial charge in [-0.25, -0.2) is 4.39 Å². The molecule has 4 heteroatoms. The molecule has 1 atom stereocenters. The minimum atomic E-state index is -0.235. The van der Waals surface area contributed by atoms with E-state index < -0.39 is 0 Å². The minimum Gasteiger partial charge on any atom is -0.325 e. The van der Waals surface area contributed by atoms with Crippen molar-refractivity contribution in [3.05, 3.63) is 65.0 Å². The van der Waals surface area contributed by atoms with E-state index in [1.807, 2.05) is 13.0 Å². The summed E-state index contributed by atoms with van der Waals surface area (Å²) in [6.45, 7) is 1.90. The van der Waals surface area contributed by atoms with Crippen LogP contribution in [0.5, 0.6) is 0 Å². The molecule has 0 aliphatic heterocycles. The van der Waals surface area contributed by atoms with Gasteiger partial charge >= 0.3 is 0 Å². The summed E-state index contributed by atoms with van der Waals surface area (Å²) in [4.78, 5) is 12.3. The molecule has 0 aromatic heterocycles. The highest BCUT2D eigenvalue weighted by Gasteiger charge is 2.16. The number of fused-ring (bicyclic) bond motifs is 1. The van der Waals surface area contributed by atoms with E-state index in [9.17, 15) is 9.18 Å². The number of rotatable bonds is 5.